The van der Waals surface area contributed by atoms with Crippen molar-refractivity contribution in [2.75, 3.05) is 39.9 Å². The highest BCUT2D eigenvalue weighted by atomic mass is 16.5. The van der Waals surface area contributed by atoms with Gasteiger partial charge in [-0.25, -0.2) is 9.50 Å². The molecule has 2 saturated heterocycles. The lowest BCUT2D eigenvalue weighted by atomic mass is 10.1. The van der Waals surface area contributed by atoms with Crippen LogP contribution in [0.25, 0.3) is 5.65 Å². The van der Waals surface area contributed by atoms with Crippen molar-refractivity contribution in [2.45, 2.75) is 44.9 Å². The van der Waals surface area contributed by atoms with E-state index < -0.39 is 0 Å². The molecular weight excluding hydrogens is 386 g/mol. The SMILES string of the molecule is COCC(=O)N1CC[C@@H](c2cc3nc(C)c(CCC(=O)N4CCCC4)c(=O)n3[nH]2)C1. The number of methoxy groups -OCH3 is 1. The normalized spacial score (nSPS) is 19.2. The second kappa shape index (κ2) is 8.59. The number of likely N-dealkylation sites (tertiary alicyclic amines) is 2. The fourth-order valence-electron chi connectivity index (χ4n) is 4.50. The maximum atomic E-state index is 13.1. The smallest absolute Gasteiger partial charge is 0.276 e. The van der Waals surface area contributed by atoms with Gasteiger partial charge in [0, 0.05) is 68.6 Å². The van der Waals surface area contributed by atoms with Crippen molar-refractivity contribution in [3.63, 3.8) is 0 Å². The topological polar surface area (TPSA) is 100 Å². The number of nitrogens with zero attached hydrogens (tertiary/aromatic N) is 4. The van der Waals surface area contributed by atoms with Gasteiger partial charge in [-0.05, 0) is 32.6 Å². The first kappa shape index (κ1) is 20.6. The number of ether oxygens (including phenoxy) is 1. The van der Waals surface area contributed by atoms with Crippen LogP contribution in [-0.2, 0) is 20.7 Å². The molecule has 0 saturated carbocycles. The van der Waals surface area contributed by atoms with Gasteiger partial charge in [0.1, 0.15) is 6.61 Å². The molecule has 30 heavy (non-hydrogen) atoms. The Labute approximate surface area is 175 Å². The Kier molecular flexibility index (Phi) is 5.90. The standard InChI is InChI=1S/C21H29N5O4/c1-14-16(5-6-19(27)24-8-3-4-9-24)21(29)26-18(22-14)11-17(23-26)15-7-10-25(12-15)20(28)13-30-2/h11,15,23H,3-10,12-13H2,1-2H3/t15-/m1/s1. The zero-order valence-electron chi connectivity index (χ0n) is 17.6. The fraction of sp³-hybridized carbons (Fsp3) is 0.619. The van der Waals surface area contributed by atoms with Crippen LogP contribution in [0.4, 0.5) is 0 Å². The van der Waals surface area contributed by atoms with Crippen LogP contribution in [0, 0.1) is 6.92 Å². The number of hydrogen-bond donors (Lipinski definition) is 1. The van der Waals surface area contributed by atoms with Crippen molar-refractivity contribution >= 4 is 17.5 Å². The molecule has 2 aromatic heterocycles. The molecule has 0 radical (unpaired) electrons. The third-order valence-electron chi connectivity index (χ3n) is 6.23. The molecule has 2 aromatic rings. The van der Waals surface area contributed by atoms with Gasteiger partial charge in [0.25, 0.3) is 5.56 Å². The van der Waals surface area contributed by atoms with E-state index in [1.165, 1.54) is 11.6 Å². The maximum absolute atomic E-state index is 13.1. The maximum Gasteiger partial charge on any atom is 0.276 e. The van der Waals surface area contributed by atoms with Crippen LogP contribution < -0.4 is 5.56 Å². The van der Waals surface area contributed by atoms with Gasteiger partial charge in [0.2, 0.25) is 11.8 Å². The first-order valence-electron chi connectivity index (χ1n) is 10.6. The zero-order chi connectivity index (χ0) is 21.3. The van der Waals surface area contributed by atoms with Crippen molar-refractivity contribution < 1.29 is 14.3 Å². The molecule has 9 nitrogen and oxygen atoms in total. The number of fused-ring (bicyclic) bond motifs is 1. The van der Waals surface area contributed by atoms with Crippen LogP contribution >= 0.6 is 0 Å². The summed E-state index contributed by atoms with van der Waals surface area (Å²) in [5.74, 6) is 0.218. The molecule has 2 aliphatic heterocycles. The van der Waals surface area contributed by atoms with Crippen molar-refractivity contribution in [3.05, 3.63) is 33.4 Å². The molecule has 162 valence electrons. The van der Waals surface area contributed by atoms with Crippen LogP contribution in [0.3, 0.4) is 0 Å². The average Bonchev–Trinajstić information content (AvgIpc) is 3.47. The Morgan fingerprint density at radius 3 is 2.70 bits per heavy atom. The zero-order valence-corrected chi connectivity index (χ0v) is 17.6. The summed E-state index contributed by atoms with van der Waals surface area (Å²) in [5, 5.41) is 3.18. The van der Waals surface area contributed by atoms with E-state index >= 15 is 0 Å². The number of carbonyl (C=O) groups excluding carboxylic acids is 2. The molecule has 4 rings (SSSR count). The molecule has 2 fully saturated rings. The van der Waals surface area contributed by atoms with Crippen LogP contribution in [-0.4, -0.2) is 76.1 Å². The molecule has 1 atom stereocenters. The molecule has 4 heterocycles. The van der Waals surface area contributed by atoms with E-state index in [0.717, 1.165) is 38.0 Å². The van der Waals surface area contributed by atoms with Crippen LogP contribution in [0.1, 0.15) is 48.6 Å². The number of aromatic amines is 1. The highest BCUT2D eigenvalue weighted by Crippen LogP contribution is 2.26. The second-order valence-corrected chi connectivity index (χ2v) is 8.23. The number of amides is 2. The van der Waals surface area contributed by atoms with Crippen LogP contribution in [0.5, 0.6) is 0 Å². The van der Waals surface area contributed by atoms with Crippen molar-refractivity contribution in [2.24, 2.45) is 0 Å². The molecular formula is C21H29N5O4. The quantitative estimate of drug-likeness (QED) is 0.754. The highest BCUT2D eigenvalue weighted by Gasteiger charge is 2.29. The van der Waals surface area contributed by atoms with Crippen molar-refractivity contribution in [3.8, 4) is 0 Å². The molecule has 0 spiro atoms. The minimum absolute atomic E-state index is 0.0211. The lowest BCUT2D eigenvalue weighted by Gasteiger charge is -2.15. The van der Waals surface area contributed by atoms with E-state index in [4.69, 9.17) is 4.74 Å². The van der Waals surface area contributed by atoms with Gasteiger partial charge in [0.05, 0.1) is 0 Å². The lowest BCUT2D eigenvalue weighted by Crippen LogP contribution is -2.31. The summed E-state index contributed by atoms with van der Waals surface area (Å²) in [6.45, 7) is 4.82. The van der Waals surface area contributed by atoms with Gasteiger partial charge in [-0.15, -0.1) is 0 Å². The highest BCUT2D eigenvalue weighted by molar-refractivity contribution is 5.78. The minimum atomic E-state index is -0.150. The molecule has 1 N–H and O–H groups in total. The lowest BCUT2D eigenvalue weighted by molar-refractivity contribution is -0.134. The van der Waals surface area contributed by atoms with Crippen LogP contribution in [0.15, 0.2) is 10.9 Å². The van der Waals surface area contributed by atoms with E-state index in [2.05, 4.69) is 10.1 Å². The summed E-state index contributed by atoms with van der Waals surface area (Å²) >= 11 is 0. The molecule has 0 aromatic carbocycles. The summed E-state index contributed by atoms with van der Waals surface area (Å²) in [5.41, 5.74) is 2.57. The third-order valence-corrected chi connectivity index (χ3v) is 6.23. The van der Waals surface area contributed by atoms with Gasteiger partial charge >= 0.3 is 0 Å². The van der Waals surface area contributed by atoms with E-state index in [-0.39, 0.29) is 29.9 Å². The van der Waals surface area contributed by atoms with Gasteiger partial charge in [-0.3, -0.25) is 19.5 Å². The molecule has 0 aliphatic carbocycles. The number of hydrogen-bond acceptors (Lipinski definition) is 5. The molecule has 2 aliphatic rings. The summed E-state index contributed by atoms with van der Waals surface area (Å²) in [4.78, 5) is 45.7. The molecule has 9 heteroatoms. The molecule has 0 unspecified atom stereocenters. The fourth-order valence-corrected chi connectivity index (χ4v) is 4.50. The van der Waals surface area contributed by atoms with Crippen molar-refractivity contribution in [1.82, 2.24) is 24.4 Å². The van der Waals surface area contributed by atoms with Gasteiger partial charge in [0.15, 0.2) is 5.65 Å². The molecule has 0 bridgehead atoms. The van der Waals surface area contributed by atoms with E-state index in [1.54, 1.807) is 4.90 Å². The Morgan fingerprint density at radius 2 is 1.97 bits per heavy atom. The average molecular weight is 415 g/mol. The minimum Gasteiger partial charge on any atom is -0.375 e. The predicted molar refractivity (Wildman–Crippen MR) is 110 cm³/mol. The monoisotopic (exact) mass is 415 g/mol. The Balaban J connectivity index is 1.51. The summed E-state index contributed by atoms with van der Waals surface area (Å²) in [6.07, 6.45) is 3.67. The van der Waals surface area contributed by atoms with E-state index in [1.807, 2.05) is 17.9 Å². The Bertz CT molecular complexity index is 1000. The first-order valence-corrected chi connectivity index (χ1v) is 10.6. The summed E-state index contributed by atoms with van der Waals surface area (Å²) in [7, 11) is 1.51. The predicted octanol–water partition coefficient (Wildman–Crippen LogP) is 0.848. The van der Waals surface area contributed by atoms with Gasteiger partial charge in [-0.1, -0.05) is 0 Å². The Morgan fingerprint density at radius 1 is 1.20 bits per heavy atom. The summed E-state index contributed by atoms with van der Waals surface area (Å²) in [6, 6.07) is 1.89. The van der Waals surface area contributed by atoms with Gasteiger partial charge < -0.3 is 14.5 Å². The Hall–Kier alpha value is -2.68. The number of nitrogens with one attached hydrogen (secondary N) is 1. The first-order chi connectivity index (χ1) is 14.5. The third kappa shape index (κ3) is 3.98. The number of aromatic nitrogens is 3. The van der Waals surface area contributed by atoms with E-state index in [9.17, 15) is 14.4 Å². The number of carbonyl (C=O) groups is 2. The second-order valence-electron chi connectivity index (χ2n) is 8.23. The van der Waals surface area contributed by atoms with Crippen LogP contribution in [0.2, 0.25) is 0 Å². The largest absolute Gasteiger partial charge is 0.375 e. The number of H-pyrrole nitrogens is 1. The van der Waals surface area contributed by atoms with Crippen molar-refractivity contribution in [1.29, 1.82) is 0 Å². The van der Waals surface area contributed by atoms with Gasteiger partial charge in [-0.2, -0.15) is 0 Å². The van der Waals surface area contributed by atoms with E-state index in [0.29, 0.717) is 42.8 Å². The summed E-state index contributed by atoms with van der Waals surface area (Å²) < 4.78 is 6.41. The number of rotatable bonds is 6. The molecule has 2 amide bonds. The number of aryl methyl sites for hydroxylation is 1.